The standard InChI is InChI=1S/C8H6BrFN2O/c9-5-2-1-4(6(12)3-11)8(13)7(5)10/h1-2,6,13H,12H2/t6-/m0/s1. The molecule has 1 aromatic rings. The lowest BCUT2D eigenvalue weighted by Gasteiger charge is -2.07. The Morgan fingerprint density at radius 2 is 2.23 bits per heavy atom. The predicted octanol–water partition coefficient (Wildman–Crippen LogP) is 1.82. The zero-order valence-corrected chi connectivity index (χ0v) is 8.05. The minimum Gasteiger partial charge on any atom is -0.505 e. The van der Waals surface area contributed by atoms with Crippen LogP contribution in [0.4, 0.5) is 4.39 Å². The maximum absolute atomic E-state index is 13.0. The number of phenols is 1. The Hall–Kier alpha value is -1.12. The fraction of sp³-hybridized carbons (Fsp3) is 0.125. The largest absolute Gasteiger partial charge is 0.505 e. The molecule has 0 spiro atoms. The molecule has 0 heterocycles. The van der Waals surface area contributed by atoms with Gasteiger partial charge in [0.05, 0.1) is 10.5 Å². The van der Waals surface area contributed by atoms with Crippen molar-refractivity contribution in [2.24, 2.45) is 5.73 Å². The molecule has 5 heteroatoms. The van der Waals surface area contributed by atoms with Crippen LogP contribution in [-0.2, 0) is 0 Å². The Morgan fingerprint density at radius 1 is 1.62 bits per heavy atom. The lowest BCUT2D eigenvalue weighted by atomic mass is 10.1. The molecule has 0 radical (unpaired) electrons. The van der Waals surface area contributed by atoms with Crippen molar-refractivity contribution in [3.63, 3.8) is 0 Å². The van der Waals surface area contributed by atoms with Gasteiger partial charge in [0.25, 0.3) is 0 Å². The Balaban J connectivity index is 3.28. The Morgan fingerprint density at radius 3 is 2.77 bits per heavy atom. The molecule has 0 fully saturated rings. The third kappa shape index (κ3) is 1.79. The Labute approximate surface area is 82.7 Å². The topological polar surface area (TPSA) is 70.0 Å². The predicted molar refractivity (Wildman–Crippen MR) is 48.3 cm³/mol. The van der Waals surface area contributed by atoms with Crippen LogP contribution in [0.3, 0.4) is 0 Å². The molecule has 3 nitrogen and oxygen atoms in total. The molecule has 1 aromatic carbocycles. The number of hydrogen-bond acceptors (Lipinski definition) is 3. The van der Waals surface area contributed by atoms with Gasteiger partial charge in [-0.25, -0.2) is 4.39 Å². The number of phenolic OH excluding ortho intramolecular Hbond substituents is 1. The van der Waals surface area contributed by atoms with Crippen LogP contribution in [0.2, 0.25) is 0 Å². The van der Waals surface area contributed by atoms with E-state index < -0.39 is 17.6 Å². The van der Waals surface area contributed by atoms with Crippen LogP contribution in [0.15, 0.2) is 16.6 Å². The second kappa shape index (κ2) is 3.73. The van der Waals surface area contributed by atoms with Gasteiger partial charge in [-0.3, -0.25) is 0 Å². The lowest BCUT2D eigenvalue weighted by molar-refractivity contribution is 0.422. The average Bonchev–Trinajstić information content (AvgIpc) is 2.13. The van der Waals surface area contributed by atoms with E-state index in [-0.39, 0.29) is 10.0 Å². The molecule has 0 aliphatic heterocycles. The van der Waals surface area contributed by atoms with Gasteiger partial charge in [-0.05, 0) is 22.0 Å². The highest BCUT2D eigenvalue weighted by molar-refractivity contribution is 9.10. The summed E-state index contributed by atoms with van der Waals surface area (Å²) in [5.74, 6) is -1.38. The molecule has 3 N–H and O–H groups in total. The van der Waals surface area contributed by atoms with E-state index >= 15 is 0 Å². The molecule has 1 atom stereocenters. The summed E-state index contributed by atoms with van der Waals surface area (Å²) in [5.41, 5.74) is 5.40. The van der Waals surface area contributed by atoms with E-state index in [0.717, 1.165) is 0 Å². The molecule has 0 saturated carbocycles. The van der Waals surface area contributed by atoms with Gasteiger partial charge in [0.2, 0.25) is 0 Å². The zero-order valence-electron chi connectivity index (χ0n) is 6.46. The van der Waals surface area contributed by atoms with Gasteiger partial charge >= 0.3 is 0 Å². The number of hydrogen-bond donors (Lipinski definition) is 2. The number of benzene rings is 1. The first-order valence-corrected chi connectivity index (χ1v) is 4.19. The first-order chi connectivity index (χ1) is 6.07. The molecule has 0 aromatic heterocycles. The first kappa shape index (κ1) is 9.96. The SMILES string of the molecule is N#C[C@H](N)c1ccc(Br)c(F)c1O. The van der Waals surface area contributed by atoms with E-state index in [4.69, 9.17) is 11.0 Å². The highest BCUT2D eigenvalue weighted by atomic mass is 79.9. The van der Waals surface area contributed by atoms with Crippen LogP contribution in [0, 0.1) is 17.1 Å². The number of aromatic hydroxyl groups is 1. The molecule has 68 valence electrons. The highest BCUT2D eigenvalue weighted by Gasteiger charge is 2.15. The van der Waals surface area contributed by atoms with Crippen molar-refractivity contribution in [1.82, 2.24) is 0 Å². The van der Waals surface area contributed by atoms with Crippen LogP contribution in [0.25, 0.3) is 0 Å². The van der Waals surface area contributed by atoms with Gasteiger partial charge in [-0.15, -0.1) is 0 Å². The fourth-order valence-corrected chi connectivity index (χ4v) is 1.20. The van der Waals surface area contributed by atoms with Gasteiger partial charge in [0, 0.05) is 5.56 Å². The molecule has 0 aliphatic carbocycles. The summed E-state index contributed by atoms with van der Waals surface area (Å²) in [6.45, 7) is 0. The molecule has 0 bridgehead atoms. The monoisotopic (exact) mass is 244 g/mol. The lowest BCUT2D eigenvalue weighted by Crippen LogP contribution is -2.08. The van der Waals surface area contributed by atoms with Gasteiger partial charge in [-0.1, -0.05) is 6.07 Å². The van der Waals surface area contributed by atoms with Crippen molar-refractivity contribution in [2.45, 2.75) is 6.04 Å². The molecule has 1 rings (SSSR count). The summed E-state index contributed by atoms with van der Waals surface area (Å²) in [5, 5.41) is 17.7. The van der Waals surface area contributed by atoms with Crippen LogP contribution in [0.5, 0.6) is 5.75 Å². The van der Waals surface area contributed by atoms with Crippen LogP contribution < -0.4 is 5.73 Å². The van der Waals surface area contributed by atoms with E-state index in [1.54, 1.807) is 6.07 Å². The second-order valence-corrected chi connectivity index (χ2v) is 3.26. The van der Waals surface area contributed by atoms with Crippen molar-refractivity contribution in [2.75, 3.05) is 0 Å². The van der Waals surface area contributed by atoms with Crippen molar-refractivity contribution in [3.8, 4) is 11.8 Å². The number of rotatable bonds is 1. The van der Waals surface area contributed by atoms with Crippen molar-refractivity contribution in [3.05, 3.63) is 28.0 Å². The highest BCUT2D eigenvalue weighted by Crippen LogP contribution is 2.30. The van der Waals surface area contributed by atoms with E-state index in [1.807, 2.05) is 0 Å². The van der Waals surface area contributed by atoms with E-state index in [2.05, 4.69) is 15.9 Å². The second-order valence-electron chi connectivity index (χ2n) is 2.41. The van der Waals surface area contributed by atoms with Crippen molar-refractivity contribution >= 4 is 15.9 Å². The summed E-state index contributed by atoms with van der Waals surface area (Å²) in [6, 6.07) is 3.48. The molecule has 0 unspecified atom stereocenters. The summed E-state index contributed by atoms with van der Waals surface area (Å²) >= 11 is 2.89. The summed E-state index contributed by atoms with van der Waals surface area (Å²) in [4.78, 5) is 0. The summed E-state index contributed by atoms with van der Waals surface area (Å²) in [6.07, 6.45) is 0. The minimum atomic E-state index is -1.01. The molecule has 13 heavy (non-hydrogen) atoms. The number of nitrogens with zero attached hydrogens (tertiary/aromatic N) is 1. The van der Waals surface area contributed by atoms with Gasteiger partial charge < -0.3 is 10.8 Å². The van der Waals surface area contributed by atoms with Crippen molar-refractivity contribution < 1.29 is 9.50 Å². The van der Waals surface area contributed by atoms with Crippen molar-refractivity contribution in [1.29, 1.82) is 5.26 Å². The number of halogens is 2. The quantitative estimate of drug-likeness (QED) is 0.792. The van der Waals surface area contributed by atoms with Crippen LogP contribution in [0.1, 0.15) is 11.6 Å². The Bertz CT molecular complexity index is 375. The number of nitrogens with two attached hydrogens (primary N) is 1. The third-order valence-corrected chi connectivity index (χ3v) is 2.19. The normalized spacial score (nSPS) is 12.2. The molecular formula is C8H6BrFN2O. The molecule has 0 saturated heterocycles. The maximum atomic E-state index is 13.0. The first-order valence-electron chi connectivity index (χ1n) is 3.40. The maximum Gasteiger partial charge on any atom is 0.179 e. The van der Waals surface area contributed by atoms with Gasteiger partial charge in [0.15, 0.2) is 11.6 Å². The van der Waals surface area contributed by atoms with Gasteiger partial charge in [-0.2, -0.15) is 5.26 Å². The van der Waals surface area contributed by atoms with Gasteiger partial charge in [0.1, 0.15) is 6.04 Å². The van der Waals surface area contributed by atoms with Crippen LogP contribution in [-0.4, -0.2) is 5.11 Å². The summed E-state index contributed by atoms with van der Waals surface area (Å²) in [7, 11) is 0. The number of nitriles is 1. The molecule has 0 aliphatic rings. The third-order valence-electron chi connectivity index (χ3n) is 1.57. The molecular weight excluding hydrogens is 239 g/mol. The van der Waals surface area contributed by atoms with E-state index in [0.29, 0.717) is 0 Å². The molecule has 0 amide bonds. The smallest absolute Gasteiger partial charge is 0.179 e. The fourth-order valence-electron chi connectivity index (χ4n) is 0.875. The zero-order chi connectivity index (χ0) is 10.0. The summed E-state index contributed by atoms with van der Waals surface area (Å²) < 4.78 is 13.2. The van der Waals surface area contributed by atoms with Crippen LogP contribution >= 0.6 is 15.9 Å². The van der Waals surface area contributed by atoms with E-state index in [1.165, 1.54) is 12.1 Å². The van der Waals surface area contributed by atoms with E-state index in [9.17, 15) is 9.50 Å². The minimum absolute atomic E-state index is 0.0863. The Kier molecular flexibility index (Phi) is 2.86. The average molecular weight is 245 g/mol.